The number of sulfonamides is 1. The molecule has 2 N–H and O–H groups in total. The largest absolute Gasteiger partial charge is 0.458 e. The van der Waals surface area contributed by atoms with Crippen molar-refractivity contribution in [2.45, 2.75) is 57.6 Å². The van der Waals surface area contributed by atoms with Crippen LogP contribution in [0.1, 0.15) is 40.2 Å². The predicted octanol–water partition coefficient (Wildman–Crippen LogP) is 4.69. The fourth-order valence-corrected chi connectivity index (χ4v) is 4.94. The summed E-state index contributed by atoms with van der Waals surface area (Å²) in [4.78, 5) is 37.3. The average Bonchev–Trinajstić information content (AvgIpc) is 2.94. The smallest absolute Gasteiger partial charge is 0.414 e. The van der Waals surface area contributed by atoms with Crippen LogP contribution in [0.15, 0.2) is 59.6 Å². The van der Waals surface area contributed by atoms with Gasteiger partial charge in [-0.3, -0.25) is 4.72 Å². The van der Waals surface area contributed by atoms with Gasteiger partial charge in [-0.05, 0) is 76.6 Å². The number of anilines is 3. The summed E-state index contributed by atoms with van der Waals surface area (Å²) in [5.74, 6) is -0.498. The summed E-state index contributed by atoms with van der Waals surface area (Å²) in [5.41, 5.74) is -0.138. The van der Waals surface area contributed by atoms with Gasteiger partial charge in [0.25, 0.3) is 10.0 Å². The Morgan fingerprint density at radius 1 is 1.00 bits per heavy atom. The first kappa shape index (κ1) is 34.0. The quantitative estimate of drug-likeness (QED) is 0.271. The highest BCUT2D eigenvalue weighted by molar-refractivity contribution is 7.92. The van der Waals surface area contributed by atoms with E-state index in [1.807, 2.05) is 18.7 Å². The second-order valence-corrected chi connectivity index (χ2v) is 12.7. The van der Waals surface area contributed by atoms with E-state index < -0.39 is 39.5 Å². The lowest BCUT2D eigenvalue weighted by atomic mass is 10.1. The van der Waals surface area contributed by atoms with Gasteiger partial charge in [-0.1, -0.05) is 12.1 Å². The van der Waals surface area contributed by atoms with Gasteiger partial charge in [0.1, 0.15) is 28.9 Å². The summed E-state index contributed by atoms with van der Waals surface area (Å²) >= 11 is 0. The number of hydrogen-bond acceptors (Lipinski definition) is 10. The van der Waals surface area contributed by atoms with E-state index in [1.54, 1.807) is 59.1 Å². The van der Waals surface area contributed by atoms with Crippen molar-refractivity contribution in [2.24, 2.45) is 0 Å². The zero-order valence-electron chi connectivity index (χ0n) is 25.9. The number of aromatic nitrogens is 2. The van der Waals surface area contributed by atoms with Gasteiger partial charge in [-0.2, -0.15) is 4.98 Å². The lowest BCUT2D eigenvalue weighted by molar-refractivity contribution is -0.155. The van der Waals surface area contributed by atoms with E-state index in [0.717, 1.165) is 24.3 Å². The van der Waals surface area contributed by atoms with Crippen LogP contribution in [0.5, 0.6) is 5.75 Å². The zero-order chi connectivity index (χ0) is 32.7. The first-order valence-corrected chi connectivity index (χ1v) is 15.5. The molecule has 44 heavy (non-hydrogen) atoms. The number of nitrogens with zero attached hydrogens (tertiary/aromatic N) is 4. The van der Waals surface area contributed by atoms with E-state index in [-0.39, 0.29) is 22.8 Å². The molecule has 0 aliphatic heterocycles. The van der Waals surface area contributed by atoms with E-state index in [9.17, 15) is 22.4 Å². The second kappa shape index (κ2) is 14.3. The maximum atomic E-state index is 13.5. The molecular formula is C30H39FN6O6S. The van der Waals surface area contributed by atoms with Gasteiger partial charge in [0.15, 0.2) is 5.82 Å². The minimum absolute atomic E-state index is 0.0234. The molecule has 0 aliphatic rings. The van der Waals surface area contributed by atoms with Crippen LogP contribution in [-0.2, 0) is 26.0 Å². The van der Waals surface area contributed by atoms with Gasteiger partial charge in [0.2, 0.25) is 5.95 Å². The maximum absolute atomic E-state index is 13.5. The van der Waals surface area contributed by atoms with Gasteiger partial charge in [0.05, 0.1) is 11.1 Å². The maximum Gasteiger partial charge on any atom is 0.414 e. The average molecular weight is 631 g/mol. The Bertz CT molecular complexity index is 1540. The molecule has 12 nitrogen and oxygen atoms in total. The summed E-state index contributed by atoms with van der Waals surface area (Å²) in [6.07, 6.45) is 0.893. The zero-order valence-corrected chi connectivity index (χ0v) is 26.7. The number of rotatable bonds is 12. The van der Waals surface area contributed by atoms with Crippen LogP contribution in [0.25, 0.3) is 0 Å². The molecule has 0 aliphatic carbocycles. The van der Waals surface area contributed by atoms with Crippen LogP contribution >= 0.6 is 0 Å². The summed E-state index contributed by atoms with van der Waals surface area (Å²) < 4.78 is 53.3. The minimum Gasteiger partial charge on any atom is -0.458 e. The Labute approximate surface area is 257 Å². The standard InChI is InChI=1S/C30H39FN6O6S/c1-8-37(9-2)28-32-19-25(35-44(40,41)23-16-12-21(31)13-17-23)26(34-28)33-24(27(38)43-30(3,4)5)18-20-10-14-22(15-11-20)42-29(39)36(6)7/h10-17,19,24,35H,8-9,18H2,1-7H3,(H,32,33,34). The van der Waals surface area contributed by atoms with Crippen LogP contribution in [0.3, 0.4) is 0 Å². The molecule has 1 aromatic heterocycles. The molecule has 0 bridgehead atoms. The minimum atomic E-state index is -4.17. The van der Waals surface area contributed by atoms with Crippen molar-refractivity contribution in [3.05, 3.63) is 66.1 Å². The number of esters is 1. The summed E-state index contributed by atoms with van der Waals surface area (Å²) in [5, 5.41) is 3.08. The molecule has 14 heteroatoms. The number of amides is 1. The molecule has 3 aromatic rings. The molecule has 1 atom stereocenters. The molecular weight excluding hydrogens is 591 g/mol. The van der Waals surface area contributed by atoms with E-state index >= 15 is 0 Å². The number of halogens is 1. The van der Waals surface area contributed by atoms with E-state index in [1.165, 1.54) is 11.1 Å². The molecule has 3 rings (SSSR count). The number of ether oxygens (including phenoxy) is 2. The molecule has 0 radical (unpaired) electrons. The lowest BCUT2D eigenvalue weighted by Gasteiger charge is -2.26. The molecule has 1 amide bonds. The molecule has 0 fully saturated rings. The van der Waals surface area contributed by atoms with Crippen molar-refractivity contribution in [2.75, 3.05) is 42.1 Å². The normalized spacial score (nSPS) is 12.2. The fourth-order valence-electron chi connectivity index (χ4n) is 3.89. The van der Waals surface area contributed by atoms with Crippen molar-refractivity contribution >= 4 is 39.5 Å². The Balaban J connectivity index is 2.01. The molecule has 2 aromatic carbocycles. The highest BCUT2D eigenvalue weighted by Crippen LogP contribution is 2.27. The number of hydrogen-bond donors (Lipinski definition) is 2. The van der Waals surface area contributed by atoms with Crippen LogP contribution < -0.4 is 19.7 Å². The van der Waals surface area contributed by atoms with E-state index in [4.69, 9.17) is 9.47 Å². The lowest BCUT2D eigenvalue weighted by Crippen LogP contribution is -2.38. The van der Waals surface area contributed by atoms with E-state index in [0.29, 0.717) is 30.4 Å². The van der Waals surface area contributed by atoms with Crippen molar-refractivity contribution in [1.82, 2.24) is 14.9 Å². The van der Waals surface area contributed by atoms with Crippen molar-refractivity contribution in [3.8, 4) is 5.75 Å². The summed E-state index contributed by atoms with van der Waals surface area (Å²) in [7, 11) is -1.03. The third kappa shape index (κ3) is 9.53. The van der Waals surface area contributed by atoms with Crippen molar-refractivity contribution < 1.29 is 31.9 Å². The molecule has 1 unspecified atom stereocenters. The molecule has 0 saturated heterocycles. The fraction of sp³-hybridized carbons (Fsp3) is 0.400. The van der Waals surface area contributed by atoms with Crippen LogP contribution in [0, 0.1) is 5.82 Å². The summed E-state index contributed by atoms with van der Waals surface area (Å²) in [6, 6.07) is 9.96. The third-order valence-corrected chi connectivity index (χ3v) is 7.51. The SMILES string of the molecule is CCN(CC)c1ncc(NS(=O)(=O)c2ccc(F)cc2)c(NC(Cc2ccc(OC(=O)N(C)C)cc2)C(=O)OC(C)(C)C)n1. The van der Waals surface area contributed by atoms with Crippen molar-refractivity contribution in [3.63, 3.8) is 0 Å². The van der Waals surface area contributed by atoms with Gasteiger partial charge >= 0.3 is 12.1 Å². The molecule has 1 heterocycles. The number of carbonyl (C=O) groups is 2. The Hall–Kier alpha value is -4.46. The monoisotopic (exact) mass is 630 g/mol. The Morgan fingerprint density at radius 2 is 1.61 bits per heavy atom. The molecule has 238 valence electrons. The predicted molar refractivity (Wildman–Crippen MR) is 166 cm³/mol. The highest BCUT2D eigenvalue weighted by atomic mass is 32.2. The highest BCUT2D eigenvalue weighted by Gasteiger charge is 2.28. The van der Waals surface area contributed by atoms with Crippen LogP contribution in [0.2, 0.25) is 0 Å². The van der Waals surface area contributed by atoms with Gasteiger partial charge in [0, 0.05) is 33.6 Å². The Kier molecular flexibility index (Phi) is 11.1. The third-order valence-electron chi connectivity index (χ3n) is 6.13. The van der Waals surface area contributed by atoms with Crippen LogP contribution in [0.4, 0.5) is 26.6 Å². The first-order chi connectivity index (χ1) is 20.6. The van der Waals surface area contributed by atoms with Gasteiger partial charge in [-0.15, -0.1) is 0 Å². The number of nitrogens with one attached hydrogen (secondary N) is 2. The molecule has 0 spiro atoms. The number of benzene rings is 2. The second-order valence-electron chi connectivity index (χ2n) is 11.0. The first-order valence-electron chi connectivity index (χ1n) is 14.0. The van der Waals surface area contributed by atoms with Crippen molar-refractivity contribution in [1.29, 1.82) is 0 Å². The Morgan fingerprint density at radius 3 is 2.16 bits per heavy atom. The van der Waals surface area contributed by atoms with Gasteiger partial charge < -0.3 is 24.6 Å². The summed E-state index contributed by atoms with van der Waals surface area (Å²) in [6.45, 7) is 10.2. The number of carbonyl (C=O) groups excluding carboxylic acids is 2. The van der Waals surface area contributed by atoms with E-state index in [2.05, 4.69) is 20.0 Å². The topological polar surface area (TPSA) is 143 Å². The molecule has 0 saturated carbocycles. The van der Waals surface area contributed by atoms with Crippen LogP contribution in [-0.4, -0.2) is 74.2 Å². The van der Waals surface area contributed by atoms with Gasteiger partial charge in [-0.25, -0.2) is 27.4 Å².